The number of rotatable bonds is 5. The zero-order valence-electron chi connectivity index (χ0n) is 11.0. The Kier molecular flexibility index (Phi) is 5.70. The minimum atomic E-state index is 0.135. The molecule has 2 N–H and O–H groups in total. The van der Waals surface area contributed by atoms with Gasteiger partial charge < -0.3 is 10.4 Å². The zero-order chi connectivity index (χ0) is 13.8. The van der Waals surface area contributed by atoms with E-state index in [4.69, 9.17) is 23.2 Å². The van der Waals surface area contributed by atoms with Crippen LogP contribution in [-0.2, 0) is 6.54 Å². The average Bonchev–Trinajstić information content (AvgIpc) is 2.80. The van der Waals surface area contributed by atoms with Crippen molar-refractivity contribution in [2.24, 2.45) is 0 Å². The number of phenolic OH excluding ortho intramolecular Hbond substituents is 1. The van der Waals surface area contributed by atoms with Crippen LogP contribution < -0.4 is 5.32 Å². The van der Waals surface area contributed by atoms with Crippen molar-refractivity contribution in [2.75, 3.05) is 5.75 Å². The third-order valence-corrected chi connectivity index (χ3v) is 5.21. The Balaban J connectivity index is 1.89. The lowest BCUT2D eigenvalue weighted by atomic mass is 10.1. The summed E-state index contributed by atoms with van der Waals surface area (Å²) in [5.41, 5.74) is 0.768. The van der Waals surface area contributed by atoms with E-state index in [1.165, 1.54) is 25.0 Å². The lowest BCUT2D eigenvalue weighted by Crippen LogP contribution is -2.26. The highest BCUT2D eigenvalue weighted by molar-refractivity contribution is 7.99. The molecule has 0 bridgehead atoms. The Labute approximate surface area is 128 Å². The Morgan fingerprint density at radius 2 is 2.16 bits per heavy atom. The van der Waals surface area contributed by atoms with Crippen molar-refractivity contribution in [3.05, 3.63) is 27.7 Å². The number of thioether (sulfide) groups is 1. The monoisotopic (exact) mass is 319 g/mol. The summed E-state index contributed by atoms with van der Waals surface area (Å²) >= 11 is 13.9. The molecule has 106 valence electrons. The van der Waals surface area contributed by atoms with Crippen LogP contribution in [0, 0.1) is 0 Å². The van der Waals surface area contributed by atoms with Crippen LogP contribution in [0.3, 0.4) is 0 Å². The molecule has 1 aromatic carbocycles. The van der Waals surface area contributed by atoms with E-state index in [-0.39, 0.29) is 5.75 Å². The normalized spacial score (nSPS) is 22.9. The van der Waals surface area contributed by atoms with Crippen LogP contribution in [0.15, 0.2) is 12.1 Å². The maximum Gasteiger partial charge on any atom is 0.138 e. The van der Waals surface area contributed by atoms with Gasteiger partial charge in [-0.1, -0.05) is 30.1 Å². The summed E-state index contributed by atoms with van der Waals surface area (Å²) in [7, 11) is 0. The number of halogens is 2. The van der Waals surface area contributed by atoms with Crippen molar-refractivity contribution in [1.82, 2.24) is 5.32 Å². The Morgan fingerprint density at radius 3 is 2.89 bits per heavy atom. The summed E-state index contributed by atoms with van der Waals surface area (Å²) in [6.07, 6.45) is 3.68. The van der Waals surface area contributed by atoms with Crippen molar-refractivity contribution in [1.29, 1.82) is 0 Å². The van der Waals surface area contributed by atoms with Crippen molar-refractivity contribution in [2.45, 2.75) is 44.0 Å². The Bertz CT molecular complexity index is 442. The molecule has 1 aliphatic rings. The maximum atomic E-state index is 9.90. The molecular weight excluding hydrogens is 301 g/mol. The number of benzene rings is 1. The maximum absolute atomic E-state index is 9.90. The van der Waals surface area contributed by atoms with Gasteiger partial charge in [0.2, 0.25) is 0 Å². The molecule has 1 fully saturated rings. The van der Waals surface area contributed by atoms with Crippen molar-refractivity contribution >= 4 is 35.0 Å². The second-order valence-corrected chi connectivity index (χ2v) is 7.28. The van der Waals surface area contributed by atoms with Crippen molar-refractivity contribution in [3.63, 3.8) is 0 Å². The van der Waals surface area contributed by atoms with Crippen LogP contribution in [-0.4, -0.2) is 22.2 Å². The molecule has 2 atom stereocenters. The van der Waals surface area contributed by atoms with Gasteiger partial charge in [0, 0.05) is 28.4 Å². The van der Waals surface area contributed by atoms with E-state index in [0.29, 0.717) is 22.6 Å². The predicted octanol–water partition coefficient (Wildman–Crippen LogP) is 4.46. The molecule has 0 radical (unpaired) electrons. The number of hydrogen-bond donors (Lipinski definition) is 2. The van der Waals surface area contributed by atoms with Crippen molar-refractivity contribution in [3.8, 4) is 5.75 Å². The Morgan fingerprint density at radius 1 is 1.37 bits per heavy atom. The van der Waals surface area contributed by atoms with Crippen LogP contribution in [0.2, 0.25) is 10.0 Å². The van der Waals surface area contributed by atoms with Gasteiger partial charge in [-0.05, 0) is 37.1 Å². The lowest BCUT2D eigenvalue weighted by molar-refractivity contribution is 0.456. The quantitative estimate of drug-likeness (QED) is 0.840. The standard InChI is InChI=1S/C14H19Cl2NOS/c1-2-19-12-4-3-11(7-12)17-8-9-5-10(15)6-13(16)14(9)18/h5-6,11-12,17-18H,2-4,7-8H2,1H3. The van der Waals surface area contributed by atoms with Gasteiger partial charge in [-0.2, -0.15) is 11.8 Å². The second-order valence-electron chi connectivity index (χ2n) is 4.86. The van der Waals surface area contributed by atoms with Crippen LogP contribution in [0.1, 0.15) is 31.7 Å². The van der Waals surface area contributed by atoms with Gasteiger partial charge in [0.15, 0.2) is 0 Å². The van der Waals surface area contributed by atoms with E-state index in [0.717, 1.165) is 10.8 Å². The fourth-order valence-electron chi connectivity index (χ4n) is 2.52. The minimum Gasteiger partial charge on any atom is -0.506 e. The minimum absolute atomic E-state index is 0.135. The predicted molar refractivity (Wildman–Crippen MR) is 84.5 cm³/mol. The topological polar surface area (TPSA) is 32.3 Å². The number of hydrogen-bond acceptors (Lipinski definition) is 3. The highest BCUT2D eigenvalue weighted by Gasteiger charge is 2.24. The number of nitrogens with one attached hydrogen (secondary N) is 1. The van der Waals surface area contributed by atoms with E-state index in [2.05, 4.69) is 12.2 Å². The van der Waals surface area contributed by atoms with Crippen LogP contribution in [0.5, 0.6) is 5.75 Å². The van der Waals surface area contributed by atoms with Crippen LogP contribution >= 0.6 is 35.0 Å². The summed E-state index contributed by atoms with van der Waals surface area (Å²) in [6, 6.07) is 3.86. The van der Waals surface area contributed by atoms with Gasteiger partial charge in [-0.25, -0.2) is 0 Å². The smallest absolute Gasteiger partial charge is 0.138 e. The van der Waals surface area contributed by atoms with E-state index in [1.807, 2.05) is 11.8 Å². The SMILES string of the molecule is CCSC1CCC(NCc2cc(Cl)cc(Cl)c2O)C1. The van der Waals surface area contributed by atoms with Crippen LogP contribution in [0.25, 0.3) is 0 Å². The summed E-state index contributed by atoms with van der Waals surface area (Å²) in [5.74, 6) is 1.32. The van der Waals surface area contributed by atoms with E-state index >= 15 is 0 Å². The third-order valence-electron chi connectivity index (χ3n) is 3.48. The molecule has 1 aromatic rings. The molecule has 5 heteroatoms. The summed E-state index contributed by atoms with van der Waals surface area (Å²) in [4.78, 5) is 0. The van der Waals surface area contributed by atoms with Gasteiger partial charge in [0.05, 0.1) is 5.02 Å². The molecule has 0 aromatic heterocycles. The first-order valence-corrected chi connectivity index (χ1v) is 8.42. The van der Waals surface area contributed by atoms with Gasteiger partial charge in [0.1, 0.15) is 5.75 Å². The van der Waals surface area contributed by atoms with Gasteiger partial charge in [-0.3, -0.25) is 0 Å². The van der Waals surface area contributed by atoms with Crippen molar-refractivity contribution < 1.29 is 5.11 Å². The first kappa shape index (κ1) is 15.3. The molecule has 2 nitrogen and oxygen atoms in total. The molecule has 2 rings (SSSR count). The molecule has 19 heavy (non-hydrogen) atoms. The molecule has 0 aliphatic heterocycles. The number of phenols is 1. The Hall–Kier alpha value is -0.0900. The largest absolute Gasteiger partial charge is 0.506 e. The molecule has 0 saturated heterocycles. The fraction of sp³-hybridized carbons (Fsp3) is 0.571. The highest BCUT2D eigenvalue weighted by Crippen LogP contribution is 2.33. The fourth-order valence-corrected chi connectivity index (χ4v) is 4.20. The first-order chi connectivity index (χ1) is 9.10. The molecule has 0 heterocycles. The molecule has 2 unspecified atom stereocenters. The summed E-state index contributed by atoms with van der Waals surface area (Å²) < 4.78 is 0. The summed E-state index contributed by atoms with van der Waals surface area (Å²) in [6.45, 7) is 2.82. The molecule has 1 aliphatic carbocycles. The van der Waals surface area contributed by atoms with E-state index < -0.39 is 0 Å². The highest BCUT2D eigenvalue weighted by atomic mass is 35.5. The van der Waals surface area contributed by atoms with Crippen LogP contribution in [0.4, 0.5) is 0 Å². The number of aromatic hydroxyl groups is 1. The van der Waals surface area contributed by atoms with Gasteiger partial charge in [-0.15, -0.1) is 0 Å². The average molecular weight is 320 g/mol. The molecule has 0 amide bonds. The summed E-state index contributed by atoms with van der Waals surface area (Å²) in [5, 5.41) is 15.0. The molecular formula is C14H19Cl2NOS. The van der Waals surface area contributed by atoms with Gasteiger partial charge in [0.25, 0.3) is 0 Å². The second kappa shape index (κ2) is 7.07. The lowest BCUT2D eigenvalue weighted by Gasteiger charge is -2.14. The van der Waals surface area contributed by atoms with E-state index in [9.17, 15) is 5.11 Å². The third kappa shape index (κ3) is 4.19. The first-order valence-electron chi connectivity index (χ1n) is 6.62. The van der Waals surface area contributed by atoms with E-state index in [1.54, 1.807) is 12.1 Å². The van der Waals surface area contributed by atoms with Gasteiger partial charge >= 0.3 is 0 Å². The zero-order valence-corrected chi connectivity index (χ0v) is 13.3. The molecule has 1 saturated carbocycles. The molecule has 0 spiro atoms.